The number of hydrogen-bond donors (Lipinski definition) is 0. The van der Waals surface area contributed by atoms with Crippen LogP contribution < -0.4 is 4.90 Å². The largest absolute Gasteiger partial charge is 0.467 e. The number of fused-ring (bicyclic) bond motifs is 1. The maximum Gasteiger partial charge on any atom is 0.241 e. The third-order valence-corrected chi connectivity index (χ3v) is 7.09. The molecule has 5 rings (SSSR count). The number of halogens is 1. The van der Waals surface area contributed by atoms with Gasteiger partial charge in [-0.3, -0.25) is 9.69 Å². The zero-order chi connectivity index (χ0) is 22.8. The van der Waals surface area contributed by atoms with Gasteiger partial charge in [-0.2, -0.15) is 0 Å². The first-order chi connectivity index (χ1) is 16.1. The molecule has 0 aliphatic carbocycles. The number of carbonyl (C=O) groups is 1. The second-order valence-electron chi connectivity index (χ2n) is 7.77. The molecule has 0 radical (unpaired) electrons. The summed E-state index contributed by atoms with van der Waals surface area (Å²) in [5.41, 5.74) is 3.58. The monoisotopic (exact) mass is 472 g/mol. The standard InChI is InChI=1S/C27H21ClN2O2S/c1-18-22(28)14-15-23-25(18)29-27(33-23)30(17-21-13-8-16-32-21)26(31)24(19-9-4-2-5-10-19)20-11-6-3-7-12-20/h2-16,24H,17H2,1H3. The van der Waals surface area contributed by atoms with Gasteiger partial charge in [0.25, 0.3) is 0 Å². The Bertz CT molecular complexity index is 1340. The Kier molecular flexibility index (Phi) is 5.99. The van der Waals surface area contributed by atoms with Crippen molar-refractivity contribution >= 4 is 44.2 Å². The molecule has 6 heteroatoms. The van der Waals surface area contributed by atoms with E-state index in [0.29, 0.717) is 15.9 Å². The first-order valence-electron chi connectivity index (χ1n) is 10.6. The average molecular weight is 473 g/mol. The van der Waals surface area contributed by atoms with Gasteiger partial charge in [-0.25, -0.2) is 4.98 Å². The van der Waals surface area contributed by atoms with Crippen LogP contribution in [0.2, 0.25) is 5.02 Å². The van der Waals surface area contributed by atoms with Crippen LogP contribution in [0.1, 0.15) is 28.4 Å². The lowest BCUT2D eigenvalue weighted by Gasteiger charge is -2.25. The Labute approximate surface area is 201 Å². The molecule has 0 saturated carbocycles. The van der Waals surface area contributed by atoms with Crippen molar-refractivity contribution in [2.45, 2.75) is 19.4 Å². The van der Waals surface area contributed by atoms with E-state index in [1.807, 2.05) is 91.9 Å². The van der Waals surface area contributed by atoms with Crippen LogP contribution >= 0.6 is 22.9 Å². The highest BCUT2D eigenvalue weighted by molar-refractivity contribution is 7.22. The van der Waals surface area contributed by atoms with Crippen molar-refractivity contribution in [3.05, 3.63) is 119 Å². The summed E-state index contributed by atoms with van der Waals surface area (Å²) in [5.74, 6) is 0.155. The number of nitrogens with zero attached hydrogens (tertiary/aromatic N) is 2. The van der Waals surface area contributed by atoms with Gasteiger partial charge in [0.2, 0.25) is 5.91 Å². The lowest BCUT2D eigenvalue weighted by Crippen LogP contribution is -2.35. The van der Waals surface area contributed by atoms with Crippen LogP contribution in [0.5, 0.6) is 0 Å². The second-order valence-corrected chi connectivity index (χ2v) is 9.19. The minimum atomic E-state index is -0.473. The van der Waals surface area contributed by atoms with Gasteiger partial charge < -0.3 is 4.42 Å². The zero-order valence-corrected chi connectivity index (χ0v) is 19.5. The van der Waals surface area contributed by atoms with E-state index in [1.54, 1.807) is 11.2 Å². The minimum absolute atomic E-state index is 0.0633. The Morgan fingerprint density at radius 3 is 2.24 bits per heavy atom. The molecule has 1 amide bonds. The SMILES string of the molecule is Cc1c(Cl)ccc2sc(N(Cc3ccco3)C(=O)C(c3ccccc3)c3ccccc3)nc12. The molecule has 2 heterocycles. The van der Waals surface area contributed by atoms with E-state index in [-0.39, 0.29) is 12.5 Å². The van der Waals surface area contributed by atoms with Gasteiger partial charge in [0.15, 0.2) is 5.13 Å². The lowest BCUT2D eigenvalue weighted by molar-refractivity contribution is -0.119. The molecule has 0 N–H and O–H groups in total. The lowest BCUT2D eigenvalue weighted by atomic mass is 9.90. The molecule has 0 fully saturated rings. The summed E-state index contributed by atoms with van der Waals surface area (Å²) < 4.78 is 6.59. The van der Waals surface area contributed by atoms with Crippen molar-refractivity contribution in [3.8, 4) is 0 Å². The van der Waals surface area contributed by atoms with Crippen LogP contribution in [0.15, 0.2) is 95.6 Å². The van der Waals surface area contributed by atoms with E-state index in [2.05, 4.69) is 0 Å². The van der Waals surface area contributed by atoms with E-state index in [4.69, 9.17) is 21.0 Å². The number of aromatic nitrogens is 1. The van der Waals surface area contributed by atoms with E-state index in [0.717, 1.165) is 26.9 Å². The van der Waals surface area contributed by atoms with Crippen molar-refractivity contribution in [3.63, 3.8) is 0 Å². The van der Waals surface area contributed by atoms with E-state index >= 15 is 0 Å². The van der Waals surface area contributed by atoms with Crippen molar-refractivity contribution in [1.82, 2.24) is 4.98 Å². The molecule has 4 nitrogen and oxygen atoms in total. The van der Waals surface area contributed by atoms with Gasteiger partial charge in [-0.1, -0.05) is 83.6 Å². The predicted octanol–water partition coefficient (Wildman–Crippen LogP) is 7.22. The van der Waals surface area contributed by atoms with Crippen molar-refractivity contribution < 1.29 is 9.21 Å². The maximum atomic E-state index is 14.2. The number of carbonyl (C=O) groups excluding carboxylic acids is 1. The molecule has 0 atom stereocenters. The molecule has 0 spiro atoms. The fraction of sp³-hybridized carbons (Fsp3) is 0.111. The fourth-order valence-electron chi connectivity index (χ4n) is 3.93. The van der Waals surface area contributed by atoms with Gasteiger partial charge in [-0.05, 0) is 47.9 Å². The highest BCUT2D eigenvalue weighted by Crippen LogP contribution is 2.37. The normalized spacial score (nSPS) is 11.2. The Balaban J connectivity index is 1.64. The maximum absolute atomic E-state index is 14.2. The van der Waals surface area contributed by atoms with Gasteiger partial charge in [0.1, 0.15) is 5.76 Å². The zero-order valence-electron chi connectivity index (χ0n) is 17.9. The molecule has 3 aromatic carbocycles. The fourth-order valence-corrected chi connectivity index (χ4v) is 5.11. The van der Waals surface area contributed by atoms with Crippen molar-refractivity contribution in [1.29, 1.82) is 0 Å². The summed E-state index contributed by atoms with van der Waals surface area (Å²) in [5, 5.41) is 1.28. The molecule has 33 heavy (non-hydrogen) atoms. The molecule has 0 saturated heterocycles. The number of benzene rings is 3. The molecular formula is C27H21ClN2O2S. The smallest absolute Gasteiger partial charge is 0.241 e. The summed E-state index contributed by atoms with van der Waals surface area (Å²) in [6, 6.07) is 27.2. The molecule has 0 unspecified atom stereocenters. The Hall–Kier alpha value is -3.41. The summed E-state index contributed by atoms with van der Waals surface area (Å²) in [7, 11) is 0. The predicted molar refractivity (Wildman–Crippen MR) is 134 cm³/mol. The number of amides is 1. The van der Waals surface area contributed by atoms with Crippen LogP contribution in [-0.4, -0.2) is 10.9 Å². The first-order valence-corrected chi connectivity index (χ1v) is 11.8. The number of furan rings is 1. The third-order valence-electron chi connectivity index (χ3n) is 5.64. The molecule has 2 aromatic heterocycles. The summed E-state index contributed by atoms with van der Waals surface area (Å²) in [4.78, 5) is 20.8. The minimum Gasteiger partial charge on any atom is -0.467 e. The Morgan fingerprint density at radius 1 is 0.970 bits per heavy atom. The van der Waals surface area contributed by atoms with Gasteiger partial charge >= 0.3 is 0 Å². The highest BCUT2D eigenvalue weighted by Gasteiger charge is 2.31. The topological polar surface area (TPSA) is 46.3 Å². The average Bonchev–Trinajstić information content (AvgIpc) is 3.52. The third kappa shape index (κ3) is 4.30. The summed E-state index contributed by atoms with van der Waals surface area (Å²) in [6.07, 6.45) is 1.62. The second kappa shape index (κ2) is 9.22. The van der Waals surface area contributed by atoms with Crippen LogP contribution in [0, 0.1) is 6.92 Å². The summed E-state index contributed by atoms with van der Waals surface area (Å²) >= 11 is 7.81. The molecule has 5 aromatic rings. The molecule has 0 aliphatic heterocycles. The number of thiazole rings is 1. The molecule has 0 bridgehead atoms. The number of hydrogen-bond acceptors (Lipinski definition) is 4. The van der Waals surface area contributed by atoms with Crippen LogP contribution in [-0.2, 0) is 11.3 Å². The van der Waals surface area contributed by atoms with E-state index in [1.165, 1.54) is 11.3 Å². The van der Waals surface area contributed by atoms with Gasteiger partial charge in [-0.15, -0.1) is 0 Å². The number of aryl methyl sites for hydroxylation is 1. The van der Waals surface area contributed by atoms with Crippen LogP contribution in [0.3, 0.4) is 0 Å². The number of anilines is 1. The molecule has 164 valence electrons. The molecular weight excluding hydrogens is 452 g/mol. The molecule has 0 aliphatic rings. The van der Waals surface area contributed by atoms with E-state index < -0.39 is 5.92 Å². The van der Waals surface area contributed by atoms with Gasteiger partial charge in [0, 0.05) is 5.02 Å². The van der Waals surface area contributed by atoms with Gasteiger partial charge in [0.05, 0.1) is 28.9 Å². The van der Waals surface area contributed by atoms with Crippen LogP contribution in [0.4, 0.5) is 5.13 Å². The van der Waals surface area contributed by atoms with Crippen molar-refractivity contribution in [2.24, 2.45) is 0 Å². The van der Waals surface area contributed by atoms with E-state index in [9.17, 15) is 4.79 Å². The first kappa shape index (κ1) is 21.4. The van der Waals surface area contributed by atoms with Crippen LogP contribution in [0.25, 0.3) is 10.2 Å². The highest BCUT2D eigenvalue weighted by atomic mass is 35.5. The summed E-state index contributed by atoms with van der Waals surface area (Å²) in [6.45, 7) is 2.23. The van der Waals surface area contributed by atoms with Crippen molar-refractivity contribution in [2.75, 3.05) is 4.90 Å². The quantitative estimate of drug-likeness (QED) is 0.262. The Morgan fingerprint density at radius 2 is 1.64 bits per heavy atom. The number of rotatable bonds is 6.